The summed E-state index contributed by atoms with van der Waals surface area (Å²) in [6.45, 7) is 0.526. The third-order valence-corrected chi connectivity index (χ3v) is 6.28. The predicted octanol–water partition coefficient (Wildman–Crippen LogP) is 1.14. The first-order valence-electron chi connectivity index (χ1n) is 5.48. The second-order valence-corrected chi connectivity index (χ2v) is 7.58. The Labute approximate surface area is 121 Å². The van der Waals surface area contributed by atoms with E-state index in [1.165, 1.54) is 0 Å². The van der Waals surface area contributed by atoms with Crippen molar-refractivity contribution in [2.24, 2.45) is 0 Å². The number of rotatable bonds is 12. The van der Waals surface area contributed by atoms with Crippen molar-refractivity contribution in [1.29, 1.82) is 0 Å². The van der Waals surface area contributed by atoms with E-state index in [2.05, 4.69) is 0 Å². The quantitative estimate of drug-likeness (QED) is 0.370. The first kappa shape index (κ1) is 18.2. The van der Waals surface area contributed by atoms with Crippen LogP contribution in [-0.4, -0.2) is 74.5 Å². The van der Waals surface area contributed by atoms with Crippen LogP contribution in [0, 0.1) is 0 Å². The third kappa shape index (κ3) is 12.0. The van der Waals surface area contributed by atoms with Crippen LogP contribution in [0.15, 0.2) is 0 Å². The van der Waals surface area contributed by atoms with Crippen LogP contribution in [0.5, 0.6) is 0 Å². The Kier molecular flexibility index (Phi) is 14.6. The van der Waals surface area contributed by atoms with E-state index in [-0.39, 0.29) is 30.4 Å². The molecule has 17 heavy (non-hydrogen) atoms. The van der Waals surface area contributed by atoms with Crippen LogP contribution in [0.25, 0.3) is 0 Å². The van der Waals surface area contributed by atoms with Crippen LogP contribution in [0.3, 0.4) is 0 Å². The lowest BCUT2D eigenvalue weighted by Gasteiger charge is -2.15. The molecule has 0 amide bonds. The Morgan fingerprint density at radius 3 is 2.00 bits per heavy atom. The van der Waals surface area contributed by atoms with E-state index in [9.17, 15) is 5.11 Å². The van der Waals surface area contributed by atoms with Gasteiger partial charge < -0.3 is 15.3 Å². The molecular weight excluding hydrogens is 300 g/mol. The zero-order valence-electron chi connectivity index (χ0n) is 9.76. The van der Waals surface area contributed by atoms with Gasteiger partial charge >= 0.3 is 0 Å². The lowest BCUT2D eigenvalue weighted by atomic mass is 10.5. The van der Waals surface area contributed by atoms with E-state index in [0.29, 0.717) is 5.75 Å². The van der Waals surface area contributed by atoms with Gasteiger partial charge in [0.05, 0.1) is 25.2 Å². The molecule has 0 aliphatic rings. The van der Waals surface area contributed by atoms with Crippen molar-refractivity contribution in [3.05, 3.63) is 0 Å². The van der Waals surface area contributed by atoms with Gasteiger partial charge in [0, 0.05) is 34.0 Å². The van der Waals surface area contributed by atoms with Gasteiger partial charge in [-0.25, -0.2) is 0 Å². The number of aliphatic hydroxyl groups excluding tert-OH is 3. The minimum atomic E-state index is 0.0773. The van der Waals surface area contributed by atoms with Crippen LogP contribution < -0.4 is 0 Å². The molecule has 3 nitrogen and oxygen atoms in total. The van der Waals surface area contributed by atoms with Crippen LogP contribution in [-0.2, 0) is 0 Å². The van der Waals surface area contributed by atoms with Crippen molar-refractivity contribution in [3.63, 3.8) is 0 Å². The molecule has 0 aliphatic carbocycles. The number of hydrogen-bond acceptors (Lipinski definition) is 6. The monoisotopic (exact) mass is 320 g/mol. The predicted molar refractivity (Wildman–Crippen MR) is 81.8 cm³/mol. The summed E-state index contributed by atoms with van der Waals surface area (Å²) in [5.74, 6) is 3.93. The Bertz CT molecular complexity index is 166. The van der Waals surface area contributed by atoms with E-state index in [1.54, 1.807) is 35.3 Å². The topological polar surface area (TPSA) is 60.7 Å². The van der Waals surface area contributed by atoms with E-state index >= 15 is 0 Å². The minimum Gasteiger partial charge on any atom is -0.396 e. The smallest absolute Gasteiger partial charge is 0.0558 e. The minimum absolute atomic E-state index is 0.0773. The number of aliphatic hydroxyl groups is 3. The van der Waals surface area contributed by atoms with Gasteiger partial charge in [-0.1, -0.05) is 0 Å². The molecule has 0 spiro atoms. The Hall–Kier alpha value is 1.22. The van der Waals surface area contributed by atoms with Gasteiger partial charge in [-0.15, -0.1) is 11.6 Å². The summed E-state index contributed by atoms with van der Waals surface area (Å²) in [5.41, 5.74) is 0. The van der Waals surface area contributed by atoms with Gasteiger partial charge in [0.25, 0.3) is 0 Å². The van der Waals surface area contributed by atoms with E-state index in [1.807, 2.05) is 0 Å². The fraction of sp³-hybridized carbons (Fsp3) is 1.00. The first-order valence-corrected chi connectivity index (χ1v) is 9.27. The lowest BCUT2D eigenvalue weighted by molar-refractivity contribution is 0.301. The molecule has 0 aromatic carbocycles. The summed E-state index contributed by atoms with van der Waals surface area (Å²) < 4.78 is 0. The van der Waals surface area contributed by atoms with Gasteiger partial charge in [0.15, 0.2) is 0 Å². The molecule has 2 unspecified atom stereocenters. The number of halogens is 1. The SMILES string of the molecule is OCCSCC(Cl)CSC(CO)CSCCO. The lowest BCUT2D eigenvalue weighted by Crippen LogP contribution is -2.17. The maximum Gasteiger partial charge on any atom is 0.0558 e. The second-order valence-electron chi connectivity index (χ2n) is 3.33. The van der Waals surface area contributed by atoms with Crippen LogP contribution in [0.4, 0.5) is 0 Å². The maximum atomic E-state index is 9.17. The maximum absolute atomic E-state index is 9.17. The molecule has 0 saturated heterocycles. The largest absolute Gasteiger partial charge is 0.396 e. The highest BCUT2D eigenvalue weighted by Crippen LogP contribution is 2.20. The Morgan fingerprint density at radius 2 is 1.47 bits per heavy atom. The molecule has 0 saturated carbocycles. The highest BCUT2D eigenvalue weighted by Gasteiger charge is 2.12. The zero-order valence-corrected chi connectivity index (χ0v) is 13.0. The summed E-state index contributed by atoms with van der Waals surface area (Å²) in [4.78, 5) is 0. The normalized spacial score (nSPS) is 14.8. The van der Waals surface area contributed by atoms with Gasteiger partial charge in [-0.05, 0) is 0 Å². The Balaban J connectivity index is 3.52. The molecule has 0 rings (SSSR count). The van der Waals surface area contributed by atoms with Crippen molar-refractivity contribution >= 4 is 46.9 Å². The number of hydrogen-bond donors (Lipinski definition) is 3. The Morgan fingerprint density at radius 1 is 0.882 bits per heavy atom. The standard InChI is InChI=1S/C10H21ClO3S3/c11-9(6-15-3-1-12)7-17-10(5-14)8-16-4-2-13/h9-10,12-14H,1-8H2. The molecule has 0 bridgehead atoms. The van der Waals surface area contributed by atoms with Crippen molar-refractivity contribution in [2.75, 3.05) is 48.6 Å². The van der Waals surface area contributed by atoms with Crippen LogP contribution in [0.2, 0.25) is 0 Å². The average molecular weight is 321 g/mol. The van der Waals surface area contributed by atoms with Gasteiger partial charge in [-0.3, -0.25) is 0 Å². The molecule has 0 aromatic rings. The highest BCUT2D eigenvalue weighted by molar-refractivity contribution is 8.03. The fourth-order valence-electron chi connectivity index (χ4n) is 0.997. The fourth-order valence-corrected chi connectivity index (χ4v) is 4.34. The summed E-state index contributed by atoms with van der Waals surface area (Å²) >= 11 is 11.1. The number of thioether (sulfide) groups is 3. The molecule has 0 radical (unpaired) electrons. The molecule has 3 N–H and O–H groups in total. The van der Waals surface area contributed by atoms with E-state index in [4.69, 9.17) is 21.8 Å². The van der Waals surface area contributed by atoms with Gasteiger partial charge in [0.1, 0.15) is 0 Å². The average Bonchev–Trinajstić information content (AvgIpc) is 2.34. The summed E-state index contributed by atoms with van der Waals surface area (Å²) in [6.07, 6.45) is 0. The van der Waals surface area contributed by atoms with Crippen molar-refractivity contribution in [1.82, 2.24) is 0 Å². The van der Waals surface area contributed by atoms with Gasteiger partial charge in [-0.2, -0.15) is 35.3 Å². The third-order valence-electron chi connectivity index (χ3n) is 1.79. The van der Waals surface area contributed by atoms with E-state index < -0.39 is 0 Å². The summed E-state index contributed by atoms with van der Waals surface area (Å²) in [5, 5.41) is 26.7. The summed E-state index contributed by atoms with van der Waals surface area (Å²) in [7, 11) is 0. The molecule has 7 heteroatoms. The summed E-state index contributed by atoms with van der Waals surface area (Å²) in [6, 6.07) is 0. The first-order chi connectivity index (χ1) is 8.24. The van der Waals surface area contributed by atoms with Crippen LogP contribution in [0.1, 0.15) is 0 Å². The van der Waals surface area contributed by atoms with Crippen LogP contribution >= 0.6 is 46.9 Å². The van der Waals surface area contributed by atoms with E-state index in [0.717, 1.165) is 23.0 Å². The van der Waals surface area contributed by atoms with Crippen molar-refractivity contribution in [3.8, 4) is 0 Å². The van der Waals surface area contributed by atoms with Crippen molar-refractivity contribution < 1.29 is 15.3 Å². The molecular formula is C10H21ClO3S3. The zero-order chi connectivity index (χ0) is 12.9. The highest BCUT2D eigenvalue weighted by atomic mass is 35.5. The molecule has 0 heterocycles. The van der Waals surface area contributed by atoms with Crippen molar-refractivity contribution in [2.45, 2.75) is 10.6 Å². The number of alkyl halides is 1. The molecule has 2 atom stereocenters. The van der Waals surface area contributed by atoms with Gasteiger partial charge in [0.2, 0.25) is 0 Å². The molecule has 0 fully saturated rings. The molecule has 0 aliphatic heterocycles. The molecule has 0 aromatic heterocycles. The second kappa shape index (κ2) is 13.6. The molecule has 104 valence electrons.